The summed E-state index contributed by atoms with van der Waals surface area (Å²) in [4.78, 5) is 14.5. The largest absolute Gasteiger partial charge is 0.442 e. The van der Waals surface area contributed by atoms with Crippen LogP contribution in [-0.4, -0.2) is 49.3 Å². The Hall–Kier alpha value is -1.54. The maximum atomic E-state index is 12.2. The van der Waals surface area contributed by atoms with E-state index >= 15 is 0 Å². The van der Waals surface area contributed by atoms with Gasteiger partial charge in [-0.05, 0) is 19.1 Å². The lowest BCUT2D eigenvalue weighted by Gasteiger charge is -2.37. The Morgan fingerprint density at radius 2 is 1.96 bits per heavy atom. The van der Waals surface area contributed by atoms with Gasteiger partial charge in [-0.1, -0.05) is 24.1 Å². The molecule has 1 fully saturated rings. The predicted molar refractivity (Wildman–Crippen MR) is 92.8 cm³/mol. The van der Waals surface area contributed by atoms with Gasteiger partial charge in [0.05, 0.1) is 12.2 Å². The second kappa shape index (κ2) is 9.57. The van der Waals surface area contributed by atoms with Gasteiger partial charge in [0.15, 0.2) is 5.60 Å². The fraction of sp³-hybridized carbons (Fsp3) is 0.500. The van der Waals surface area contributed by atoms with Crippen molar-refractivity contribution in [1.29, 1.82) is 0 Å². The summed E-state index contributed by atoms with van der Waals surface area (Å²) >= 11 is 0. The second-order valence-corrected chi connectivity index (χ2v) is 5.43. The molecule has 0 saturated carbocycles. The third-order valence-electron chi connectivity index (χ3n) is 3.98. The van der Waals surface area contributed by atoms with Crippen molar-refractivity contribution in [2.24, 2.45) is 0 Å². The van der Waals surface area contributed by atoms with E-state index in [1.165, 1.54) is 0 Å². The lowest BCUT2D eigenvalue weighted by atomic mass is 9.92. The topological polar surface area (TPSA) is 38.8 Å². The first-order valence-electron chi connectivity index (χ1n) is 7.75. The van der Waals surface area contributed by atoms with E-state index in [2.05, 4.69) is 10.8 Å². The molecule has 5 heteroatoms. The zero-order valence-electron chi connectivity index (χ0n) is 13.5. The molecule has 0 radical (unpaired) electrons. The summed E-state index contributed by atoms with van der Waals surface area (Å²) in [6.45, 7) is 5.97. The molecule has 1 aromatic rings. The summed E-state index contributed by atoms with van der Waals surface area (Å²) in [5, 5.41) is 0. The Morgan fingerprint density at radius 3 is 2.52 bits per heavy atom. The van der Waals surface area contributed by atoms with Crippen LogP contribution in [0.1, 0.15) is 30.1 Å². The van der Waals surface area contributed by atoms with E-state index in [4.69, 9.17) is 15.9 Å². The molecule has 126 valence electrons. The van der Waals surface area contributed by atoms with Gasteiger partial charge >= 0.3 is 5.97 Å². The van der Waals surface area contributed by atoms with Crippen LogP contribution in [0.25, 0.3) is 0 Å². The molecule has 1 aliphatic rings. The quantitative estimate of drug-likeness (QED) is 0.454. The number of piperidine rings is 1. The molecule has 1 saturated heterocycles. The van der Waals surface area contributed by atoms with Crippen molar-refractivity contribution in [2.45, 2.75) is 25.4 Å². The normalized spacial score (nSPS) is 16.9. The molecule has 0 aliphatic carbocycles. The number of carbonyl (C=O) groups is 1. The third kappa shape index (κ3) is 5.54. The Bertz CT molecular complexity index is 519. The average molecular weight is 338 g/mol. The molecular weight excluding hydrogens is 314 g/mol. The second-order valence-electron chi connectivity index (χ2n) is 5.43. The van der Waals surface area contributed by atoms with Crippen LogP contribution in [0.2, 0.25) is 0 Å². The Morgan fingerprint density at radius 1 is 1.30 bits per heavy atom. The van der Waals surface area contributed by atoms with Crippen LogP contribution in [0.5, 0.6) is 0 Å². The smallest absolute Gasteiger partial charge is 0.339 e. The first kappa shape index (κ1) is 19.5. The number of hydrogen-bond donors (Lipinski definition) is 0. The average Bonchev–Trinajstić information content (AvgIpc) is 2.57. The molecule has 4 nitrogen and oxygen atoms in total. The summed E-state index contributed by atoms with van der Waals surface area (Å²) < 4.78 is 11.0. The molecule has 0 aromatic heterocycles. The van der Waals surface area contributed by atoms with E-state index in [1.807, 2.05) is 25.1 Å². The van der Waals surface area contributed by atoms with Crippen molar-refractivity contribution in [1.82, 2.24) is 4.90 Å². The van der Waals surface area contributed by atoms with Gasteiger partial charge in [-0.3, -0.25) is 0 Å². The van der Waals surface area contributed by atoms with E-state index in [0.717, 1.165) is 32.8 Å². The molecule has 0 atom stereocenters. The van der Waals surface area contributed by atoms with E-state index < -0.39 is 5.60 Å². The first-order chi connectivity index (χ1) is 10.7. The van der Waals surface area contributed by atoms with Gasteiger partial charge in [0.2, 0.25) is 0 Å². The summed E-state index contributed by atoms with van der Waals surface area (Å²) in [5.74, 6) is 2.36. The molecule has 1 aliphatic heterocycles. The van der Waals surface area contributed by atoms with E-state index in [1.54, 1.807) is 12.1 Å². The van der Waals surface area contributed by atoms with Crippen LogP contribution in [0, 0.1) is 12.3 Å². The molecular formula is C18H24ClNO3. The van der Waals surface area contributed by atoms with Crippen LogP contribution >= 0.6 is 12.4 Å². The molecule has 0 N–H and O–H groups in total. The summed E-state index contributed by atoms with van der Waals surface area (Å²) in [6, 6.07) is 8.98. The number of nitrogens with zero attached hydrogens (tertiary/aromatic N) is 1. The highest BCUT2D eigenvalue weighted by Crippen LogP contribution is 2.27. The maximum Gasteiger partial charge on any atom is 0.339 e. The molecule has 0 amide bonds. The van der Waals surface area contributed by atoms with Gasteiger partial charge in [0.1, 0.15) is 0 Å². The van der Waals surface area contributed by atoms with Gasteiger partial charge in [-0.2, -0.15) is 0 Å². The minimum absolute atomic E-state index is 0. The number of halogens is 1. The first-order valence-corrected chi connectivity index (χ1v) is 7.75. The number of esters is 1. The van der Waals surface area contributed by atoms with Crippen molar-refractivity contribution in [3.63, 3.8) is 0 Å². The number of terminal acetylenes is 1. The molecule has 1 aromatic carbocycles. The van der Waals surface area contributed by atoms with E-state index in [-0.39, 0.29) is 18.4 Å². The number of benzene rings is 1. The number of likely N-dealkylation sites (tertiary alicyclic amines) is 1. The van der Waals surface area contributed by atoms with E-state index in [0.29, 0.717) is 18.4 Å². The Kier molecular flexibility index (Phi) is 8.11. The Labute approximate surface area is 144 Å². The summed E-state index contributed by atoms with van der Waals surface area (Å²) in [7, 11) is 0. The van der Waals surface area contributed by atoms with Crippen LogP contribution < -0.4 is 0 Å². The Balaban J connectivity index is 0.00000264. The lowest BCUT2D eigenvalue weighted by molar-refractivity contribution is -0.0226. The predicted octanol–water partition coefficient (Wildman–Crippen LogP) is 2.77. The van der Waals surface area contributed by atoms with Crippen molar-refractivity contribution < 1.29 is 14.3 Å². The van der Waals surface area contributed by atoms with Crippen molar-refractivity contribution in [3.8, 4) is 12.3 Å². The van der Waals surface area contributed by atoms with Gasteiger partial charge < -0.3 is 14.4 Å². The molecule has 2 rings (SSSR count). The number of carbonyl (C=O) groups excluding carboxylic acids is 1. The van der Waals surface area contributed by atoms with Crippen LogP contribution in [0.4, 0.5) is 0 Å². The van der Waals surface area contributed by atoms with Gasteiger partial charge in [0.25, 0.3) is 0 Å². The highest BCUT2D eigenvalue weighted by atomic mass is 35.5. The standard InChI is InChI=1S/C18H23NO3.ClH/c1-3-18(22-17(20)16-8-6-5-7-9-16)10-12-19(13-11-18)14-15-21-4-2;/h1,5-9H,4,10-15H2,2H3;1H. The minimum Gasteiger partial charge on any atom is -0.442 e. The zero-order valence-corrected chi connectivity index (χ0v) is 14.3. The summed E-state index contributed by atoms with van der Waals surface area (Å²) in [5.41, 5.74) is -0.245. The summed E-state index contributed by atoms with van der Waals surface area (Å²) in [6.07, 6.45) is 6.98. The molecule has 0 unspecified atom stereocenters. The molecule has 23 heavy (non-hydrogen) atoms. The van der Waals surface area contributed by atoms with Gasteiger partial charge in [-0.25, -0.2) is 4.79 Å². The monoisotopic (exact) mass is 337 g/mol. The van der Waals surface area contributed by atoms with Crippen LogP contribution in [0.3, 0.4) is 0 Å². The van der Waals surface area contributed by atoms with Crippen molar-refractivity contribution >= 4 is 18.4 Å². The SMILES string of the molecule is C#CC1(OC(=O)c2ccccc2)CCN(CCOCC)CC1.Cl. The van der Waals surface area contributed by atoms with E-state index in [9.17, 15) is 4.79 Å². The number of rotatable bonds is 6. The van der Waals surface area contributed by atoms with Crippen LogP contribution in [0.15, 0.2) is 30.3 Å². The van der Waals surface area contributed by atoms with Crippen LogP contribution in [-0.2, 0) is 9.47 Å². The number of ether oxygens (including phenoxy) is 2. The van der Waals surface area contributed by atoms with Gasteiger partial charge in [-0.15, -0.1) is 18.8 Å². The lowest BCUT2D eigenvalue weighted by Crippen LogP contribution is -2.47. The molecule has 1 heterocycles. The highest BCUT2D eigenvalue weighted by Gasteiger charge is 2.36. The zero-order chi connectivity index (χ0) is 15.8. The number of hydrogen-bond acceptors (Lipinski definition) is 4. The maximum absolute atomic E-state index is 12.2. The minimum atomic E-state index is -0.783. The van der Waals surface area contributed by atoms with Crippen molar-refractivity contribution in [3.05, 3.63) is 35.9 Å². The fourth-order valence-corrected chi connectivity index (χ4v) is 2.56. The molecule has 0 spiro atoms. The fourth-order valence-electron chi connectivity index (χ4n) is 2.56. The highest BCUT2D eigenvalue weighted by molar-refractivity contribution is 5.89. The van der Waals surface area contributed by atoms with Crippen molar-refractivity contribution in [2.75, 3.05) is 32.8 Å². The third-order valence-corrected chi connectivity index (χ3v) is 3.98. The van der Waals surface area contributed by atoms with Gasteiger partial charge in [0, 0.05) is 39.1 Å². The molecule has 0 bridgehead atoms.